The first kappa shape index (κ1) is 13.9. The van der Waals surface area contributed by atoms with E-state index in [2.05, 4.69) is 4.98 Å². The number of hydrogen-bond acceptors (Lipinski definition) is 4. The van der Waals surface area contributed by atoms with Crippen molar-refractivity contribution in [2.24, 2.45) is 5.73 Å². The topological polar surface area (TPSA) is 85.4 Å². The van der Waals surface area contributed by atoms with Gasteiger partial charge in [0.15, 0.2) is 11.5 Å². The number of fused-ring (bicyclic) bond motifs is 1. The number of carbonyl (C=O) groups is 1. The predicted octanol–water partition coefficient (Wildman–Crippen LogP) is 2.71. The van der Waals surface area contributed by atoms with Crippen LogP contribution in [0.5, 0.6) is 11.5 Å². The molecule has 0 fully saturated rings. The van der Waals surface area contributed by atoms with Crippen molar-refractivity contribution in [1.82, 2.24) is 4.98 Å². The summed E-state index contributed by atoms with van der Waals surface area (Å²) in [5, 5.41) is 10.6. The van der Waals surface area contributed by atoms with Crippen LogP contribution in [0.1, 0.15) is 10.4 Å². The molecule has 0 atom stereocenters. The SMILES string of the molecule is COc1ccc(-c2cc(C(N)=O)c3ccccc3n2)cc1O. The quantitative estimate of drug-likeness (QED) is 0.777. The second-order valence-electron chi connectivity index (χ2n) is 4.82. The highest BCUT2D eigenvalue weighted by Gasteiger charge is 2.12. The molecule has 0 saturated carbocycles. The lowest BCUT2D eigenvalue weighted by Crippen LogP contribution is -2.12. The Kier molecular flexibility index (Phi) is 3.39. The van der Waals surface area contributed by atoms with E-state index in [4.69, 9.17) is 10.5 Å². The lowest BCUT2D eigenvalue weighted by molar-refractivity contribution is 0.100. The summed E-state index contributed by atoms with van der Waals surface area (Å²) in [6.07, 6.45) is 0. The monoisotopic (exact) mass is 294 g/mol. The number of phenols is 1. The molecule has 2 aromatic carbocycles. The molecule has 3 N–H and O–H groups in total. The van der Waals surface area contributed by atoms with E-state index in [-0.39, 0.29) is 5.75 Å². The molecule has 5 heteroatoms. The molecule has 1 heterocycles. The Bertz CT molecular complexity index is 875. The smallest absolute Gasteiger partial charge is 0.249 e. The van der Waals surface area contributed by atoms with Gasteiger partial charge in [-0.15, -0.1) is 0 Å². The third kappa shape index (κ3) is 2.33. The van der Waals surface area contributed by atoms with E-state index in [9.17, 15) is 9.90 Å². The molecule has 0 aliphatic carbocycles. The average Bonchev–Trinajstić information content (AvgIpc) is 2.53. The number of nitrogens with two attached hydrogens (primary N) is 1. The van der Waals surface area contributed by atoms with Crippen molar-refractivity contribution in [3.63, 3.8) is 0 Å². The van der Waals surface area contributed by atoms with Crippen LogP contribution in [-0.2, 0) is 0 Å². The van der Waals surface area contributed by atoms with Gasteiger partial charge in [0.1, 0.15) is 0 Å². The molecule has 110 valence electrons. The Labute approximate surface area is 127 Å². The molecule has 0 saturated heterocycles. The minimum atomic E-state index is -0.516. The zero-order chi connectivity index (χ0) is 15.7. The minimum absolute atomic E-state index is 0.00980. The number of phenolic OH excluding ortho intramolecular Hbond substituents is 1. The van der Waals surface area contributed by atoms with Crippen molar-refractivity contribution in [1.29, 1.82) is 0 Å². The van der Waals surface area contributed by atoms with Gasteiger partial charge in [-0.1, -0.05) is 18.2 Å². The molecule has 0 unspecified atom stereocenters. The number of aromatic nitrogens is 1. The van der Waals surface area contributed by atoms with Gasteiger partial charge in [0.25, 0.3) is 0 Å². The zero-order valence-corrected chi connectivity index (χ0v) is 11.9. The first-order valence-electron chi connectivity index (χ1n) is 6.67. The molecule has 0 aliphatic rings. The number of amides is 1. The van der Waals surface area contributed by atoms with E-state index in [0.29, 0.717) is 33.5 Å². The fourth-order valence-corrected chi connectivity index (χ4v) is 2.38. The molecule has 3 aromatic rings. The van der Waals surface area contributed by atoms with Crippen LogP contribution in [-0.4, -0.2) is 23.1 Å². The first-order valence-corrected chi connectivity index (χ1v) is 6.67. The summed E-state index contributed by atoms with van der Waals surface area (Å²) in [7, 11) is 1.48. The lowest BCUT2D eigenvalue weighted by Gasteiger charge is -2.09. The number of carbonyl (C=O) groups excluding carboxylic acids is 1. The van der Waals surface area contributed by atoms with Crippen LogP contribution >= 0.6 is 0 Å². The zero-order valence-electron chi connectivity index (χ0n) is 11.9. The molecule has 3 rings (SSSR count). The van der Waals surface area contributed by atoms with Crippen LogP contribution in [0.25, 0.3) is 22.2 Å². The van der Waals surface area contributed by atoms with Gasteiger partial charge in [0.05, 0.1) is 23.9 Å². The van der Waals surface area contributed by atoms with Gasteiger partial charge in [-0.3, -0.25) is 4.79 Å². The van der Waals surface area contributed by atoms with Gasteiger partial charge in [-0.25, -0.2) is 4.98 Å². The third-order valence-electron chi connectivity index (χ3n) is 3.46. The number of nitrogens with zero attached hydrogens (tertiary/aromatic N) is 1. The van der Waals surface area contributed by atoms with Crippen molar-refractivity contribution >= 4 is 16.8 Å². The summed E-state index contributed by atoms with van der Waals surface area (Å²) in [6.45, 7) is 0. The van der Waals surface area contributed by atoms with Crippen molar-refractivity contribution in [3.8, 4) is 22.8 Å². The summed E-state index contributed by atoms with van der Waals surface area (Å²) < 4.78 is 5.02. The van der Waals surface area contributed by atoms with E-state index in [1.807, 2.05) is 18.2 Å². The van der Waals surface area contributed by atoms with Gasteiger partial charge >= 0.3 is 0 Å². The number of benzene rings is 2. The summed E-state index contributed by atoms with van der Waals surface area (Å²) in [5.74, 6) is -0.132. The first-order chi connectivity index (χ1) is 10.6. The summed E-state index contributed by atoms with van der Waals surface area (Å²) in [5.41, 5.74) is 7.77. The van der Waals surface area contributed by atoms with Crippen LogP contribution in [0.3, 0.4) is 0 Å². The largest absolute Gasteiger partial charge is 0.504 e. The molecule has 1 aromatic heterocycles. The molecular formula is C17H14N2O3. The number of hydrogen-bond donors (Lipinski definition) is 2. The maximum absolute atomic E-state index is 11.7. The molecule has 0 spiro atoms. The number of aromatic hydroxyl groups is 1. The molecule has 0 bridgehead atoms. The standard InChI is InChI=1S/C17H14N2O3/c1-22-16-7-6-10(8-15(16)20)14-9-12(17(18)21)11-4-2-3-5-13(11)19-14/h2-9,20H,1H3,(H2,18,21). The van der Waals surface area contributed by atoms with Gasteiger partial charge in [-0.2, -0.15) is 0 Å². The Morgan fingerprint density at radius 2 is 1.95 bits per heavy atom. The highest BCUT2D eigenvalue weighted by molar-refractivity contribution is 6.06. The van der Waals surface area contributed by atoms with Crippen LogP contribution in [0, 0.1) is 0 Å². The maximum atomic E-state index is 11.7. The minimum Gasteiger partial charge on any atom is -0.504 e. The van der Waals surface area contributed by atoms with Crippen molar-refractivity contribution < 1.29 is 14.6 Å². The van der Waals surface area contributed by atoms with Gasteiger partial charge < -0.3 is 15.6 Å². The molecular weight excluding hydrogens is 280 g/mol. The lowest BCUT2D eigenvalue weighted by atomic mass is 10.0. The van der Waals surface area contributed by atoms with Crippen LogP contribution in [0.15, 0.2) is 48.5 Å². The fourth-order valence-electron chi connectivity index (χ4n) is 2.38. The summed E-state index contributed by atoms with van der Waals surface area (Å²) >= 11 is 0. The molecule has 0 aliphatic heterocycles. The second kappa shape index (κ2) is 5.37. The average molecular weight is 294 g/mol. The molecule has 1 amide bonds. The van der Waals surface area contributed by atoms with E-state index in [1.54, 1.807) is 30.3 Å². The van der Waals surface area contributed by atoms with Crippen LogP contribution in [0.4, 0.5) is 0 Å². The van der Waals surface area contributed by atoms with Gasteiger partial charge in [0.2, 0.25) is 5.91 Å². The number of para-hydroxylation sites is 1. The molecule has 22 heavy (non-hydrogen) atoms. The Hall–Kier alpha value is -3.08. The van der Waals surface area contributed by atoms with Crippen molar-refractivity contribution in [2.45, 2.75) is 0 Å². The van der Waals surface area contributed by atoms with Crippen molar-refractivity contribution in [3.05, 3.63) is 54.1 Å². The van der Waals surface area contributed by atoms with E-state index in [0.717, 1.165) is 0 Å². The Morgan fingerprint density at radius 1 is 1.18 bits per heavy atom. The van der Waals surface area contributed by atoms with E-state index < -0.39 is 5.91 Å². The van der Waals surface area contributed by atoms with Crippen LogP contribution < -0.4 is 10.5 Å². The number of primary amides is 1. The maximum Gasteiger partial charge on any atom is 0.249 e. The number of rotatable bonds is 3. The summed E-state index contributed by atoms with van der Waals surface area (Å²) in [4.78, 5) is 16.2. The normalized spacial score (nSPS) is 10.6. The predicted molar refractivity (Wildman–Crippen MR) is 83.9 cm³/mol. The van der Waals surface area contributed by atoms with E-state index in [1.165, 1.54) is 7.11 Å². The van der Waals surface area contributed by atoms with Crippen LogP contribution in [0.2, 0.25) is 0 Å². The highest BCUT2D eigenvalue weighted by atomic mass is 16.5. The Balaban J connectivity index is 2.23. The number of pyridine rings is 1. The Morgan fingerprint density at radius 3 is 2.64 bits per heavy atom. The second-order valence-corrected chi connectivity index (χ2v) is 4.82. The number of methoxy groups -OCH3 is 1. The van der Waals surface area contributed by atoms with E-state index >= 15 is 0 Å². The fraction of sp³-hybridized carbons (Fsp3) is 0.0588. The third-order valence-corrected chi connectivity index (χ3v) is 3.46. The van der Waals surface area contributed by atoms with Crippen molar-refractivity contribution in [2.75, 3.05) is 7.11 Å². The molecule has 5 nitrogen and oxygen atoms in total. The van der Waals surface area contributed by atoms with Gasteiger partial charge in [0, 0.05) is 10.9 Å². The highest BCUT2D eigenvalue weighted by Crippen LogP contribution is 2.32. The summed E-state index contributed by atoms with van der Waals surface area (Å²) in [6, 6.07) is 13.9. The number of ether oxygens (including phenoxy) is 1. The molecule has 0 radical (unpaired) electrons. The van der Waals surface area contributed by atoms with Gasteiger partial charge in [-0.05, 0) is 30.3 Å².